The molecule has 0 aliphatic heterocycles. The van der Waals surface area contributed by atoms with Gasteiger partial charge in [-0.25, -0.2) is 4.68 Å². The topological polar surface area (TPSA) is 80.3 Å². The molecule has 2 aromatic rings. The quantitative estimate of drug-likeness (QED) is 0.505. The number of aromatic nitrogens is 2. The van der Waals surface area contributed by atoms with E-state index in [1.54, 1.807) is 19.9 Å². The van der Waals surface area contributed by atoms with Gasteiger partial charge in [0.15, 0.2) is 5.69 Å². The Balaban J connectivity index is 2.44. The van der Waals surface area contributed by atoms with Crippen LogP contribution in [0.5, 0.6) is 0 Å². The van der Waals surface area contributed by atoms with Crippen LogP contribution in [0.25, 0.3) is 5.69 Å². The van der Waals surface area contributed by atoms with Gasteiger partial charge in [-0.3, -0.25) is 0 Å². The van der Waals surface area contributed by atoms with Gasteiger partial charge in [0, 0.05) is 25.0 Å². The SMILES string of the molecule is CCOC(C#CC(O)c1cn(-c2c(Cl)cc(C(F)(F)F)cc2Cl)nc1C#N)OCC. The summed E-state index contributed by atoms with van der Waals surface area (Å²) in [5.74, 6) is 5.10. The minimum absolute atomic E-state index is 0.0174. The number of nitriles is 1. The molecular formula is C19H16Cl2F3N3O3. The van der Waals surface area contributed by atoms with Gasteiger partial charge >= 0.3 is 6.18 Å². The minimum atomic E-state index is -4.64. The standard InChI is InChI=1S/C19H16Cl2F3N3O3/c1-3-29-17(30-4-2)6-5-16(28)12-10-27(26-15(12)9-25)18-13(20)7-11(8-14(18)21)19(22,23)24/h7-8,10,16-17,28H,3-4H2,1-2H3. The summed E-state index contributed by atoms with van der Waals surface area (Å²) >= 11 is 12.0. The summed E-state index contributed by atoms with van der Waals surface area (Å²) < 4.78 is 50.3. The van der Waals surface area contributed by atoms with E-state index in [1.807, 2.05) is 0 Å². The number of benzene rings is 1. The molecule has 0 saturated carbocycles. The molecule has 1 atom stereocenters. The van der Waals surface area contributed by atoms with Crippen LogP contribution < -0.4 is 0 Å². The number of aliphatic hydroxyl groups excluding tert-OH is 1. The Morgan fingerprint density at radius 1 is 1.17 bits per heavy atom. The highest BCUT2D eigenvalue weighted by Gasteiger charge is 2.32. The molecule has 0 saturated heterocycles. The molecule has 160 valence electrons. The van der Waals surface area contributed by atoms with Gasteiger partial charge in [0.2, 0.25) is 6.29 Å². The summed E-state index contributed by atoms with van der Waals surface area (Å²) in [4.78, 5) is 0. The third-order valence-corrected chi connectivity index (χ3v) is 4.27. The number of aliphatic hydroxyl groups is 1. The highest BCUT2D eigenvalue weighted by Crippen LogP contribution is 2.37. The van der Waals surface area contributed by atoms with E-state index in [4.69, 9.17) is 32.7 Å². The van der Waals surface area contributed by atoms with Crippen molar-refractivity contribution < 1.29 is 27.8 Å². The molecule has 1 aromatic heterocycles. The molecule has 2 rings (SSSR count). The van der Waals surface area contributed by atoms with E-state index >= 15 is 0 Å². The second-order valence-corrected chi connectivity index (χ2v) is 6.52. The normalized spacial score (nSPS) is 12.4. The molecular weight excluding hydrogens is 446 g/mol. The van der Waals surface area contributed by atoms with Gasteiger partial charge in [0.1, 0.15) is 17.9 Å². The molecule has 1 N–H and O–H groups in total. The van der Waals surface area contributed by atoms with Crippen LogP contribution in [-0.2, 0) is 15.7 Å². The Morgan fingerprint density at radius 2 is 1.73 bits per heavy atom. The maximum atomic E-state index is 12.9. The third-order valence-electron chi connectivity index (χ3n) is 3.69. The maximum absolute atomic E-state index is 12.9. The van der Waals surface area contributed by atoms with Crippen molar-refractivity contribution in [3.63, 3.8) is 0 Å². The van der Waals surface area contributed by atoms with Gasteiger partial charge in [-0.2, -0.15) is 23.5 Å². The van der Waals surface area contributed by atoms with Gasteiger partial charge in [0.25, 0.3) is 0 Å². The summed E-state index contributed by atoms with van der Waals surface area (Å²) in [7, 11) is 0. The van der Waals surface area contributed by atoms with E-state index in [0.717, 1.165) is 4.68 Å². The van der Waals surface area contributed by atoms with Crippen LogP contribution in [0.2, 0.25) is 10.0 Å². The first-order chi connectivity index (χ1) is 14.1. The molecule has 0 bridgehead atoms. The molecule has 1 heterocycles. The zero-order valence-electron chi connectivity index (χ0n) is 15.8. The Hall–Kier alpha value is -2.27. The van der Waals surface area contributed by atoms with Crippen LogP contribution in [0.15, 0.2) is 18.3 Å². The Morgan fingerprint density at radius 3 is 2.20 bits per heavy atom. The molecule has 11 heteroatoms. The molecule has 0 aliphatic carbocycles. The number of ether oxygens (including phenoxy) is 2. The lowest BCUT2D eigenvalue weighted by atomic mass is 10.1. The number of hydrogen-bond donors (Lipinski definition) is 1. The van der Waals surface area contributed by atoms with Crippen LogP contribution in [-0.4, -0.2) is 34.4 Å². The average Bonchev–Trinajstić information content (AvgIpc) is 3.09. The van der Waals surface area contributed by atoms with Crippen LogP contribution in [0.1, 0.15) is 36.8 Å². The highest BCUT2D eigenvalue weighted by molar-refractivity contribution is 6.37. The number of rotatable bonds is 6. The zero-order chi connectivity index (χ0) is 22.5. The fraction of sp³-hybridized carbons (Fsp3) is 0.368. The second kappa shape index (κ2) is 10.2. The Labute approximate surface area is 180 Å². The van der Waals surface area contributed by atoms with Gasteiger partial charge in [-0.15, -0.1) is 0 Å². The van der Waals surface area contributed by atoms with Crippen molar-refractivity contribution in [1.82, 2.24) is 9.78 Å². The van der Waals surface area contributed by atoms with Gasteiger partial charge in [0.05, 0.1) is 15.6 Å². The molecule has 30 heavy (non-hydrogen) atoms. The maximum Gasteiger partial charge on any atom is 0.416 e. The fourth-order valence-electron chi connectivity index (χ4n) is 2.40. The first kappa shape index (κ1) is 24.0. The van der Waals surface area contributed by atoms with E-state index in [9.17, 15) is 23.5 Å². The van der Waals surface area contributed by atoms with Crippen molar-refractivity contribution in [2.75, 3.05) is 13.2 Å². The smallest absolute Gasteiger partial charge is 0.376 e. The zero-order valence-corrected chi connectivity index (χ0v) is 17.3. The summed E-state index contributed by atoms with van der Waals surface area (Å²) in [6.45, 7) is 4.17. The van der Waals surface area contributed by atoms with Crippen molar-refractivity contribution in [2.45, 2.75) is 32.4 Å². The summed E-state index contributed by atoms with van der Waals surface area (Å²) in [5, 5.41) is 23.0. The van der Waals surface area contributed by atoms with E-state index in [-0.39, 0.29) is 27.0 Å². The van der Waals surface area contributed by atoms with E-state index < -0.39 is 24.1 Å². The predicted molar refractivity (Wildman–Crippen MR) is 103 cm³/mol. The molecule has 0 spiro atoms. The highest BCUT2D eigenvalue weighted by atomic mass is 35.5. The molecule has 0 radical (unpaired) electrons. The summed E-state index contributed by atoms with van der Waals surface area (Å²) in [6, 6.07) is 3.18. The lowest BCUT2D eigenvalue weighted by Crippen LogP contribution is -2.15. The molecule has 0 fully saturated rings. The largest absolute Gasteiger partial charge is 0.416 e. The van der Waals surface area contributed by atoms with E-state index in [1.165, 1.54) is 6.20 Å². The van der Waals surface area contributed by atoms with Crippen molar-refractivity contribution in [1.29, 1.82) is 5.26 Å². The Kier molecular flexibility index (Phi) is 8.13. The van der Waals surface area contributed by atoms with Crippen LogP contribution in [0.3, 0.4) is 0 Å². The van der Waals surface area contributed by atoms with Crippen molar-refractivity contribution >= 4 is 23.2 Å². The molecule has 6 nitrogen and oxygen atoms in total. The van der Waals surface area contributed by atoms with Crippen molar-refractivity contribution in [3.05, 3.63) is 45.2 Å². The van der Waals surface area contributed by atoms with Gasteiger partial charge < -0.3 is 14.6 Å². The average molecular weight is 462 g/mol. The predicted octanol–water partition coefficient (Wildman–Crippen LogP) is 4.51. The number of nitrogens with zero attached hydrogens (tertiary/aromatic N) is 3. The van der Waals surface area contributed by atoms with E-state index in [0.29, 0.717) is 25.3 Å². The fourth-order valence-corrected chi connectivity index (χ4v) is 3.06. The van der Waals surface area contributed by atoms with Crippen LogP contribution in [0, 0.1) is 23.2 Å². The van der Waals surface area contributed by atoms with Crippen LogP contribution >= 0.6 is 23.2 Å². The lowest BCUT2D eigenvalue weighted by molar-refractivity contribution is -0.137. The third kappa shape index (κ3) is 5.66. The first-order valence-electron chi connectivity index (χ1n) is 8.60. The number of halogens is 5. The van der Waals surface area contributed by atoms with Gasteiger partial charge in [-0.1, -0.05) is 29.1 Å². The molecule has 1 unspecified atom stereocenters. The minimum Gasteiger partial charge on any atom is -0.376 e. The molecule has 1 aromatic carbocycles. The monoisotopic (exact) mass is 461 g/mol. The number of alkyl halides is 3. The summed E-state index contributed by atoms with van der Waals surface area (Å²) in [6.07, 6.45) is -5.73. The molecule has 0 aliphatic rings. The lowest BCUT2D eigenvalue weighted by Gasteiger charge is -2.12. The number of hydrogen-bond acceptors (Lipinski definition) is 5. The summed E-state index contributed by atoms with van der Waals surface area (Å²) in [5.41, 5.74) is -1.29. The van der Waals surface area contributed by atoms with Crippen molar-refractivity contribution in [2.24, 2.45) is 0 Å². The van der Waals surface area contributed by atoms with E-state index in [2.05, 4.69) is 16.9 Å². The second-order valence-electron chi connectivity index (χ2n) is 5.71. The van der Waals surface area contributed by atoms with Gasteiger partial charge in [-0.05, 0) is 31.9 Å². The Bertz CT molecular complexity index is 977. The van der Waals surface area contributed by atoms with Crippen molar-refractivity contribution in [3.8, 4) is 23.6 Å². The first-order valence-corrected chi connectivity index (χ1v) is 9.36. The molecule has 0 amide bonds. The van der Waals surface area contributed by atoms with Crippen LogP contribution in [0.4, 0.5) is 13.2 Å².